The van der Waals surface area contributed by atoms with E-state index >= 15 is 0 Å². The molecule has 4 nitrogen and oxygen atoms in total. The van der Waals surface area contributed by atoms with Gasteiger partial charge in [-0.1, -0.05) is 25.1 Å². The van der Waals surface area contributed by atoms with Crippen molar-refractivity contribution in [2.75, 3.05) is 29.4 Å². The Hall–Kier alpha value is -2.10. The normalized spacial score (nSPS) is 21.2. The van der Waals surface area contributed by atoms with Crippen LogP contribution in [0, 0.1) is 5.92 Å². The SMILES string of the molecule is CC1CCCN(c2cc(N3CCCc4ccccc43)ncn2)C1. The van der Waals surface area contributed by atoms with Gasteiger partial charge < -0.3 is 9.80 Å². The van der Waals surface area contributed by atoms with Gasteiger partial charge in [0.1, 0.15) is 18.0 Å². The minimum absolute atomic E-state index is 0.748. The molecule has 1 aromatic carbocycles. The Bertz CT molecular complexity index is 685. The molecule has 0 spiro atoms. The van der Waals surface area contributed by atoms with Crippen LogP contribution in [0.5, 0.6) is 0 Å². The number of hydrogen-bond donors (Lipinski definition) is 0. The summed E-state index contributed by atoms with van der Waals surface area (Å²) in [6.45, 7) is 5.57. The van der Waals surface area contributed by atoms with E-state index in [4.69, 9.17) is 0 Å². The summed E-state index contributed by atoms with van der Waals surface area (Å²) in [6.07, 6.45) is 6.65. The molecule has 0 aliphatic carbocycles. The molecule has 1 atom stereocenters. The van der Waals surface area contributed by atoms with E-state index < -0.39 is 0 Å². The number of piperidine rings is 1. The average molecular weight is 308 g/mol. The van der Waals surface area contributed by atoms with Crippen LogP contribution >= 0.6 is 0 Å². The molecule has 4 heteroatoms. The number of aromatic nitrogens is 2. The van der Waals surface area contributed by atoms with Crippen LogP contribution in [0.3, 0.4) is 0 Å². The maximum atomic E-state index is 4.56. The summed E-state index contributed by atoms with van der Waals surface area (Å²) in [7, 11) is 0. The molecule has 0 bridgehead atoms. The van der Waals surface area contributed by atoms with Crippen molar-refractivity contribution in [3.63, 3.8) is 0 Å². The molecule has 3 heterocycles. The second-order valence-electron chi connectivity index (χ2n) is 6.81. The lowest BCUT2D eigenvalue weighted by atomic mass is 10.0. The van der Waals surface area contributed by atoms with Crippen molar-refractivity contribution in [3.05, 3.63) is 42.2 Å². The molecular formula is C19H24N4. The third-order valence-corrected chi connectivity index (χ3v) is 5.01. The average Bonchev–Trinajstić information content (AvgIpc) is 2.61. The van der Waals surface area contributed by atoms with Crippen molar-refractivity contribution in [1.29, 1.82) is 0 Å². The van der Waals surface area contributed by atoms with Crippen molar-refractivity contribution in [2.45, 2.75) is 32.6 Å². The Morgan fingerprint density at radius 2 is 1.91 bits per heavy atom. The van der Waals surface area contributed by atoms with Gasteiger partial charge in [0.2, 0.25) is 0 Å². The fourth-order valence-electron chi connectivity index (χ4n) is 3.83. The molecule has 0 amide bonds. The zero-order valence-electron chi connectivity index (χ0n) is 13.8. The zero-order valence-corrected chi connectivity index (χ0v) is 13.8. The lowest BCUT2D eigenvalue weighted by Crippen LogP contribution is -2.35. The maximum Gasteiger partial charge on any atom is 0.138 e. The molecule has 4 rings (SSSR count). The van der Waals surface area contributed by atoms with Gasteiger partial charge in [0, 0.05) is 31.4 Å². The largest absolute Gasteiger partial charge is 0.356 e. The van der Waals surface area contributed by atoms with Crippen LogP contribution in [0.4, 0.5) is 17.3 Å². The van der Waals surface area contributed by atoms with Crippen molar-refractivity contribution >= 4 is 17.3 Å². The molecular weight excluding hydrogens is 284 g/mol. The molecule has 23 heavy (non-hydrogen) atoms. The van der Waals surface area contributed by atoms with E-state index in [-0.39, 0.29) is 0 Å². The Labute approximate surface area is 138 Å². The highest BCUT2D eigenvalue weighted by molar-refractivity contribution is 5.67. The van der Waals surface area contributed by atoms with Crippen LogP contribution < -0.4 is 9.80 Å². The van der Waals surface area contributed by atoms with Crippen LogP contribution in [-0.4, -0.2) is 29.6 Å². The van der Waals surface area contributed by atoms with E-state index in [9.17, 15) is 0 Å². The van der Waals surface area contributed by atoms with Gasteiger partial charge >= 0.3 is 0 Å². The second-order valence-corrected chi connectivity index (χ2v) is 6.81. The number of nitrogens with zero attached hydrogens (tertiary/aromatic N) is 4. The maximum absolute atomic E-state index is 4.56. The molecule has 1 saturated heterocycles. The van der Waals surface area contributed by atoms with E-state index in [2.05, 4.69) is 57.0 Å². The number of rotatable bonds is 2. The van der Waals surface area contributed by atoms with Crippen LogP contribution in [-0.2, 0) is 6.42 Å². The fraction of sp³-hybridized carbons (Fsp3) is 0.474. The molecule has 0 radical (unpaired) electrons. The van der Waals surface area contributed by atoms with E-state index in [0.717, 1.165) is 43.6 Å². The first-order chi connectivity index (χ1) is 11.3. The highest BCUT2D eigenvalue weighted by Crippen LogP contribution is 2.33. The number of fused-ring (bicyclic) bond motifs is 1. The lowest BCUT2D eigenvalue weighted by Gasteiger charge is -2.33. The molecule has 2 aliphatic heterocycles. The molecule has 0 N–H and O–H groups in total. The molecule has 1 unspecified atom stereocenters. The monoisotopic (exact) mass is 308 g/mol. The molecule has 0 saturated carbocycles. The first kappa shape index (κ1) is 14.5. The third-order valence-electron chi connectivity index (χ3n) is 5.01. The van der Waals surface area contributed by atoms with Gasteiger partial charge in [-0.25, -0.2) is 9.97 Å². The number of benzene rings is 1. The molecule has 2 aliphatic rings. The summed E-state index contributed by atoms with van der Waals surface area (Å²) in [6, 6.07) is 10.9. The predicted molar refractivity (Wildman–Crippen MR) is 94.4 cm³/mol. The summed E-state index contributed by atoms with van der Waals surface area (Å²) >= 11 is 0. The zero-order chi connectivity index (χ0) is 15.6. The number of para-hydroxylation sites is 1. The lowest BCUT2D eigenvalue weighted by molar-refractivity contribution is 0.444. The van der Waals surface area contributed by atoms with Gasteiger partial charge in [0.05, 0.1) is 0 Å². The predicted octanol–water partition coefficient (Wildman–Crippen LogP) is 3.80. The standard InChI is InChI=1S/C19H24N4/c1-15-6-4-10-22(13-15)18-12-19(21-14-20-18)23-11-5-8-16-7-2-3-9-17(16)23/h2-3,7,9,12,14-15H,4-6,8,10-11,13H2,1H3. The van der Waals surface area contributed by atoms with Crippen molar-refractivity contribution in [2.24, 2.45) is 5.92 Å². The van der Waals surface area contributed by atoms with Gasteiger partial charge in [-0.15, -0.1) is 0 Å². The first-order valence-corrected chi connectivity index (χ1v) is 8.74. The van der Waals surface area contributed by atoms with Crippen LogP contribution in [0.15, 0.2) is 36.7 Å². The Morgan fingerprint density at radius 1 is 1.04 bits per heavy atom. The van der Waals surface area contributed by atoms with Crippen LogP contribution in [0.25, 0.3) is 0 Å². The van der Waals surface area contributed by atoms with Gasteiger partial charge in [-0.3, -0.25) is 0 Å². The van der Waals surface area contributed by atoms with Crippen LogP contribution in [0.2, 0.25) is 0 Å². The number of hydrogen-bond acceptors (Lipinski definition) is 4. The Morgan fingerprint density at radius 3 is 2.83 bits per heavy atom. The Balaban J connectivity index is 1.64. The second kappa shape index (κ2) is 6.19. The minimum Gasteiger partial charge on any atom is -0.356 e. The third kappa shape index (κ3) is 2.90. The highest BCUT2D eigenvalue weighted by atomic mass is 15.2. The summed E-state index contributed by atoms with van der Waals surface area (Å²) in [5.74, 6) is 2.85. The first-order valence-electron chi connectivity index (χ1n) is 8.74. The van der Waals surface area contributed by atoms with Gasteiger partial charge in [-0.2, -0.15) is 0 Å². The quantitative estimate of drug-likeness (QED) is 0.845. The van der Waals surface area contributed by atoms with Gasteiger partial charge in [-0.05, 0) is 43.2 Å². The van der Waals surface area contributed by atoms with Crippen molar-refractivity contribution in [3.8, 4) is 0 Å². The fourth-order valence-corrected chi connectivity index (χ4v) is 3.83. The minimum atomic E-state index is 0.748. The van der Waals surface area contributed by atoms with E-state index in [0.29, 0.717) is 0 Å². The molecule has 1 aromatic heterocycles. The van der Waals surface area contributed by atoms with E-state index in [1.807, 2.05) is 0 Å². The van der Waals surface area contributed by atoms with Gasteiger partial charge in [0.15, 0.2) is 0 Å². The molecule has 120 valence electrons. The number of anilines is 3. The summed E-state index contributed by atoms with van der Waals surface area (Å²) < 4.78 is 0. The number of aryl methyl sites for hydroxylation is 1. The Kier molecular flexibility index (Phi) is 3.90. The van der Waals surface area contributed by atoms with Crippen molar-refractivity contribution in [1.82, 2.24) is 9.97 Å². The highest BCUT2D eigenvalue weighted by Gasteiger charge is 2.21. The molecule has 2 aromatic rings. The van der Waals surface area contributed by atoms with E-state index in [1.165, 1.54) is 30.5 Å². The topological polar surface area (TPSA) is 32.3 Å². The summed E-state index contributed by atoms with van der Waals surface area (Å²) in [5, 5.41) is 0. The summed E-state index contributed by atoms with van der Waals surface area (Å²) in [4.78, 5) is 13.9. The smallest absolute Gasteiger partial charge is 0.138 e. The van der Waals surface area contributed by atoms with E-state index in [1.54, 1.807) is 6.33 Å². The van der Waals surface area contributed by atoms with Crippen molar-refractivity contribution < 1.29 is 0 Å². The van der Waals surface area contributed by atoms with Gasteiger partial charge in [0.25, 0.3) is 0 Å². The van der Waals surface area contributed by atoms with Crippen LogP contribution in [0.1, 0.15) is 31.7 Å². The molecule has 1 fully saturated rings. The summed E-state index contributed by atoms with van der Waals surface area (Å²) in [5.41, 5.74) is 2.72.